The Hall–Kier alpha value is -3.27. The van der Waals surface area contributed by atoms with Crippen LogP contribution in [0.1, 0.15) is 11.1 Å². The van der Waals surface area contributed by atoms with E-state index in [1.54, 1.807) is 14.2 Å². The predicted octanol–water partition coefficient (Wildman–Crippen LogP) is 4.40. The molecule has 1 heterocycles. The maximum Gasteiger partial charge on any atom is 0.193 e. The van der Waals surface area contributed by atoms with E-state index in [1.807, 2.05) is 66.7 Å². The number of hydrogen-bond acceptors (Lipinski definition) is 4. The van der Waals surface area contributed by atoms with Gasteiger partial charge in [0.1, 0.15) is 5.75 Å². The minimum absolute atomic E-state index is 0.544. The van der Waals surface area contributed by atoms with Gasteiger partial charge in [-0.05, 0) is 34.9 Å². The molecule has 0 N–H and O–H groups in total. The van der Waals surface area contributed by atoms with Gasteiger partial charge in [0, 0.05) is 12.0 Å². The maximum atomic E-state index is 12.0. The molecule has 27 heavy (non-hydrogen) atoms. The third-order valence-electron chi connectivity index (χ3n) is 5.00. The summed E-state index contributed by atoms with van der Waals surface area (Å²) < 4.78 is 16.7. The topological polar surface area (TPSA) is 44.8 Å². The lowest BCUT2D eigenvalue weighted by molar-refractivity contribution is -0.120. The van der Waals surface area contributed by atoms with Crippen molar-refractivity contribution >= 4 is 6.29 Å². The summed E-state index contributed by atoms with van der Waals surface area (Å²) in [6.45, 7) is 0. The van der Waals surface area contributed by atoms with E-state index in [4.69, 9.17) is 14.2 Å². The van der Waals surface area contributed by atoms with Gasteiger partial charge in [0.15, 0.2) is 23.4 Å². The van der Waals surface area contributed by atoms with E-state index >= 15 is 0 Å². The Morgan fingerprint density at radius 1 is 0.889 bits per heavy atom. The number of fused-ring (bicyclic) bond motifs is 1. The van der Waals surface area contributed by atoms with Crippen LogP contribution in [0.4, 0.5) is 0 Å². The zero-order valence-electron chi connectivity index (χ0n) is 15.3. The van der Waals surface area contributed by atoms with Gasteiger partial charge in [-0.25, -0.2) is 0 Å². The van der Waals surface area contributed by atoms with Gasteiger partial charge in [0.25, 0.3) is 0 Å². The van der Waals surface area contributed by atoms with Gasteiger partial charge in [-0.2, -0.15) is 0 Å². The highest BCUT2D eigenvalue weighted by Crippen LogP contribution is 2.41. The number of para-hydroxylation sites is 1. The summed E-state index contributed by atoms with van der Waals surface area (Å²) in [6, 6.07) is 21.5. The molecular weight excluding hydrogens is 340 g/mol. The molecule has 4 heteroatoms. The van der Waals surface area contributed by atoms with Crippen molar-refractivity contribution in [2.75, 3.05) is 14.2 Å². The first-order valence-corrected chi connectivity index (χ1v) is 8.75. The number of carbonyl (C=O) groups excluding carboxylic acids is 1. The van der Waals surface area contributed by atoms with Gasteiger partial charge in [-0.15, -0.1) is 0 Å². The van der Waals surface area contributed by atoms with Crippen LogP contribution in [0, 0.1) is 0 Å². The Kier molecular flexibility index (Phi) is 4.32. The van der Waals surface area contributed by atoms with E-state index in [2.05, 4.69) is 0 Å². The van der Waals surface area contributed by atoms with Gasteiger partial charge in [0.05, 0.1) is 14.2 Å². The van der Waals surface area contributed by atoms with Crippen LogP contribution in [-0.2, 0) is 16.8 Å². The van der Waals surface area contributed by atoms with Crippen LogP contribution in [-0.4, -0.2) is 20.5 Å². The van der Waals surface area contributed by atoms with Crippen molar-refractivity contribution in [1.82, 2.24) is 0 Å². The molecule has 0 saturated carbocycles. The molecule has 0 saturated heterocycles. The molecule has 1 atom stereocenters. The monoisotopic (exact) mass is 360 g/mol. The Bertz CT molecular complexity index is 951. The molecule has 3 aromatic rings. The summed E-state index contributed by atoms with van der Waals surface area (Å²) in [7, 11) is 3.23. The van der Waals surface area contributed by atoms with E-state index in [1.165, 1.54) is 0 Å². The first kappa shape index (κ1) is 17.2. The fourth-order valence-corrected chi connectivity index (χ4v) is 3.52. The summed E-state index contributed by atoms with van der Waals surface area (Å²) in [5, 5.41) is 0. The highest BCUT2D eigenvalue weighted by molar-refractivity contribution is 5.72. The summed E-state index contributed by atoms with van der Waals surface area (Å²) in [5.74, 6) is 2.14. The maximum absolute atomic E-state index is 12.0. The van der Waals surface area contributed by atoms with Gasteiger partial charge in [0.2, 0.25) is 0 Å². The van der Waals surface area contributed by atoms with Gasteiger partial charge < -0.3 is 14.2 Å². The van der Waals surface area contributed by atoms with E-state index < -0.39 is 5.60 Å². The van der Waals surface area contributed by atoms with Crippen LogP contribution in [0.2, 0.25) is 0 Å². The van der Waals surface area contributed by atoms with Crippen molar-refractivity contribution in [3.05, 3.63) is 77.9 Å². The van der Waals surface area contributed by atoms with Crippen molar-refractivity contribution in [3.8, 4) is 28.4 Å². The lowest BCUT2D eigenvalue weighted by atomic mass is 9.89. The second-order valence-corrected chi connectivity index (χ2v) is 6.54. The minimum atomic E-state index is -0.959. The second-order valence-electron chi connectivity index (χ2n) is 6.54. The Labute approximate surface area is 158 Å². The zero-order chi connectivity index (χ0) is 18.9. The number of ether oxygens (including phenoxy) is 3. The van der Waals surface area contributed by atoms with Crippen molar-refractivity contribution < 1.29 is 19.0 Å². The number of rotatable bonds is 5. The van der Waals surface area contributed by atoms with Crippen LogP contribution in [0.3, 0.4) is 0 Å². The van der Waals surface area contributed by atoms with Crippen LogP contribution < -0.4 is 14.2 Å². The third-order valence-corrected chi connectivity index (χ3v) is 5.00. The Morgan fingerprint density at radius 2 is 1.59 bits per heavy atom. The van der Waals surface area contributed by atoms with Gasteiger partial charge >= 0.3 is 0 Å². The van der Waals surface area contributed by atoms with Crippen LogP contribution in [0.25, 0.3) is 11.1 Å². The SMILES string of the molecule is COc1ccc(-c2ccc(C3(C=O)Cc4ccccc4O3)cc2)cc1OC. The first-order valence-electron chi connectivity index (χ1n) is 8.75. The summed E-state index contributed by atoms with van der Waals surface area (Å²) >= 11 is 0. The molecule has 0 spiro atoms. The van der Waals surface area contributed by atoms with Crippen LogP contribution >= 0.6 is 0 Å². The third kappa shape index (κ3) is 2.93. The normalized spacial score (nSPS) is 17.7. The molecule has 4 nitrogen and oxygen atoms in total. The molecule has 4 rings (SSSR count). The number of methoxy groups -OCH3 is 2. The number of benzene rings is 3. The van der Waals surface area contributed by atoms with Gasteiger partial charge in [-0.1, -0.05) is 48.5 Å². The average Bonchev–Trinajstić information content (AvgIpc) is 3.13. The van der Waals surface area contributed by atoms with Crippen LogP contribution in [0.5, 0.6) is 17.2 Å². The molecule has 0 amide bonds. The van der Waals surface area contributed by atoms with Crippen molar-refractivity contribution in [3.63, 3.8) is 0 Å². The van der Waals surface area contributed by atoms with Crippen LogP contribution in [0.15, 0.2) is 66.7 Å². The summed E-state index contributed by atoms with van der Waals surface area (Å²) in [5.41, 5.74) is 2.97. The molecule has 0 aromatic heterocycles. The first-order chi connectivity index (χ1) is 13.2. The number of aldehydes is 1. The van der Waals surface area contributed by atoms with Gasteiger partial charge in [-0.3, -0.25) is 4.79 Å². The fraction of sp³-hybridized carbons (Fsp3) is 0.174. The highest BCUT2D eigenvalue weighted by atomic mass is 16.5. The van der Waals surface area contributed by atoms with E-state index in [9.17, 15) is 4.79 Å². The standard InChI is InChI=1S/C23H20O4/c1-25-21-12-9-17(13-22(21)26-2)16-7-10-19(11-8-16)23(15-24)14-18-5-3-4-6-20(18)27-23/h3-13,15H,14H2,1-2H3. The van der Waals surface area contributed by atoms with E-state index in [-0.39, 0.29) is 0 Å². The average molecular weight is 360 g/mol. The molecule has 1 aliphatic rings. The van der Waals surface area contributed by atoms with Crippen molar-refractivity contribution in [2.24, 2.45) is 0 Å². The molecule has 3 aromatic carbocycles. The molecule has 136 valence electrons. The summed E-state index contributed by atoms with van der Waals surface area (Å²) in [6.07, 6.45) is 1.45. The molecule has 0 aliphatic carbocycles. The summed E-state index contributed by atoms with van der Waals surface area (Å²) in [4.78, 5) is 12.0. The molecule has 0 radical (unpaired) electrons. The lowest BCUT2D eigenvalue weighted by Crippen LogP contribution is -2.33. The minimum Gasteiger partial charge on any atom is -0.493 e. The smallest absolute Gasteiger partial charge is 0.193 e. The van der Waals surface area contributed by atoms with Crippen molar-refractivity contribution in [1.29, 1.82) is 0 Å². The van der Waals surface area contributed by atoms with E-state index in [0.717, 1.165) is 34.3 Å². The lowest BCUT2D eigenvalue weighted by Gasteiger charge is -2.23. The Morgan fingerprint density at radius 3 is 2.26 bits per heavy atom. The molecule has 0 fully saturated rings. The number of carbonyl (C=O) groups is 1. The molecule has 0 bridgehead atoms. The zero-order valence-corrected chi connectivity index (χ0v) is 15.3. The number of hydrogen-bond donors (Lipinski definition) is 0. The molecular formula is C23H20O4. The molecule has 1 unspecified atom stereocenters. The van der Waals surface area contributed by atoms with Crippen molar-refractivity contribution in [2.45, 2.75) is 12.0 Å². The predicted molar refractivity (Wildman–Crippen MR) is 103 cm³/mol. The molecule has 1 aliphatic heterocycles. The fourth-order valence-electron chi connectivity index (χ4n) is 3.52. The highest BCUT2D eigenvalue weighted by Gasteiger charge is 2.40. The quantitative estimate of drug-likeness (QED) is 0.633. The largest absolute Gasteiger partial charge is 0.493 e. The Balaban J connectivity index is 1.66. The second kappa shape index (κ2) is 6.80. The van der Waals surface area contributed by atoms with E-state index in [0.29, 0.717) is 17.9 Å².